The van der Waals surface area contributed by atoms with E-state index in [2.05, 4.69) is 59.0 Å². The van der Waals surface area contributed by atoms with Crippen molar-refractivity contribution in [3.8, 4) is 28.6 Å². The highest BCUT2D eigenvalue weighted by Crippen LogP contribution is 2.35. The predicted molar refractivity (Wildman–Crippen MR) is 188 cm³/mol. The molecule has 0 bridgehead atoms. The Kier molecular flexibility index (Phi) is 11.7. The summed E-state index contributed by atoms with van der Waals surface area (Å²) in [6.45, 7) is 14.5. The molecule has 2 amide bonds. The van der Waals surface area contributed by atoms with E-state index in [0.717, 1.165) is 43.2 Å². The molecule has 2 heterocycles. The highest BCUT2D eigenvalue weighted by atomic mass is 28.3. The zero-order valence-corrected chi connectivity index (χ0v) is 29.5. The molecular formula is C35H47FN6O5Si. The molecular weight excluding hydrogens is 632 g/mol. The number of anilines is 1. The Morgan fingerprint density at radius 2 is 1.81 bits per heavy atom. The number of nitrogens with zero attached hydrogens (tertiary/aromatic N) is 4. The maximum atomic E-state index is 14.9. The van der Waals surface area contributed by atoms with Gasteiger partial charge in [0.05, 0.1) is 16.8 Å². The van der Waals surface area contributed by atoms with Gasteiger partial charge in [0, 0.05) is 33.3 Å². The minimum absolute atomic E-state index is 0.0584. The second-order valence-electron chi connectivity index (χ2n) is 13.3. The van der Waals surface area contributed by atoms with E-state index in [4.69, 9.17) is 14.2 Å². The summed E-state index contributed by atoms with van der Waals surface area (Å²) in [4.78, 5) is 23.2. The summed E-state index contributed by atoms with van der Waals surface area (Å²) < 4.78 is 35.1. The van der Waals surface area contributed by atoms with E-state index >= 15 is 0 Å². The maximum absolute atomic E-state index is 14.9. The first-order valence-corrected chi connectivity index (χ1v) is 20.3. The highest BCUT2D eigenvalue weighted by molar-refractivity contribution is 6.76. The number of urea groups is 1. The molecule has 1 aliphatic carbocycles. The lowest BCUT2D eigenvalue weighted by atomic mass is 10.1. The topological polar surface area (TPSA) is 123 Å². The molecule has 258 valence electrons. The first-order valence-electron chi connectivity index (χ1n) is 16.6. The third-order valence-electron chi connectivity index (χ3n) is 8.14. The normalized spacial score (nSPS) is 13.9. The molecule has 1 saturated carbocycles. The third kappa shape index (κ3) is 9.75. The quantitative estimate of drug-likeness (QED) is 0.0833. The molecule has 0 unspecified atom stereocenters. The monoisotopic (exact) mass is 678 g/mol. The molecule has 0 saturated heterocycles. The standard InChI is InChI=1S/C35H47FN6O5Si/c1-6-41(7-2)20-26(43)21-46-27-12-8-24(9-13-27)32-19-29-33(42(32)23-45-16-17-48(3,4)5)37-22-38-34(29)47-28-14-15-31(30(36)18-28)40-35(44)39-25-10-11-25/h8-9,12-15,18-19,22,25-26,43H,6-7,10-11,16-17,20-21,23H2,1-5H3,(H2,39,40,44)/t26-/m1/s1. The van der Waals surface area contributed by atoms with Crippen LogP contribution in [0.5, 0.6) is 17.4 Å². The lowest BCUT2D eigenvalue weighted by Crippen LogP contribution is -2.35. The fourth-order valence-electron chi connectivity index (χ4n) is 5.12. The van der Waals surface area contributed by atoms with Gasteiger partial charge in [0.1, 0.15) is 48.7 Å². The minimum atomic E-state index is -1.29. The number of rotatable bonds is 17. The van der Waals surface area contributed by atoms with Gasteiger partial charge in [-0.05, 0) is 80.0 Å². The largest absolute Gasteiger partial charge is 0.491 e. The number of aliphatic hydroxyl groups is 1. The highest BCUT2D eigenvalue weighted by Gasteiger charge is 2.24. The SMILES string of the molecule is CCN(CC)C[C@@H](O)COc1ccc(-c2cc3c(Oc4ccc(NC(=O)NC5CC5)c(F)c4)ncnc3n2COCC[Si](C)(C)C)cc1. The number of benzene rings is 2. The molecule has 5 rings (SSSR count). The Hall–Kier alpha value is -4.04. The molecule has 1 fully saturated rings. The van der Waals surface area contributed by atoms with Crippen LogP contribution in [0, 0.1) is 5.82 Å². The molecule has 1 atom stereocenters. The van der Waals surface area contributed by atoms with Crippen LogP contribution in [0.1, 0.15) is 26.7 Å². The van der Waals surface area contributed by atoms with Crippen LogP contribution in [0.3, 0.4) is 0 Å². The summed E-state index contributed by atoms with van der Waals surface area (Å²) in [6.07, 6.45) is 2.69. The number of fused-ring (bicyclic) bond motifs is 1. The van der Waals surface area contributed by atoms with E-state index in [0.29, 0.717) is 29.9 Å². The molecule has 0 radical (unpaired) electrons. The maximum Gasteiger partial charge on any atom is 0.319 e. The molecule has 1 aliphatic rings. The third-order valence-corrected chi connectivity index (χ3v) is 9.85. The fraction of sp³-hybridized carbons (Fsp3) is 0.457. The lowest BCUT2D eigenvalue weighted by Gasteiger charge is -2.22. The number of aliphatic hydroxyl groups excluding tert-OH is 1. The van der Waals surface area contributed by atoms with E-state index in [1.54, 1.807) is 6.07 Å². The molecule has 4 aromatic rings. The Balaban J connectivity index is 1.36. The van der Waals surface area contributed by atoms with Gasteiger partial charge in [-0.1, -0.05) is 33.5 Å². The number of ether oxygens (including phenoxy) is 3. The first kappa shape index (κ1) is 35.3. The molecule has 0 aliphatic heterocycles. The summed E-state index contributed by atoms with van der Waals surface area (Å²) in [6, 6.07) is 14.6. The van der Waals surface area contributed by atoms with Crippen molar-refractivity contribution in [2.45, 2.75) is 71.3 Å². The van der Waals surface area contributed by atoms with Gasteiger partial charge in [-0.25, -0.2) is 19.2 Å². The number of carbonyl (C=O) groups excluding carboxylic acids is 1. The van der Waals surface area contributed by atoms with Gasteiger partial charge >= 0.3 is 6.03 Å². The Labute approximate surface area is 282 Å². The number of hydrogen-bond acceptors (Lipinski definition) is 8. The molecule has 13 heteroatoms. The van der Waals surface area contributed by atoms with E-state index in [-0.39, 0.29) is 36.7 Å². The van der Waals surface area contributed by atoms with E-state index in [1.165, 1.54) is 18.5 Å². The number of amides is 2. The van der Waals surface area contributed by atoms with Crippen LogP contribution in [0.25, 0.3) is 22.3 Å². The lowest BCUT2D eigenvalue weighted by molar-refractivity contribution is 0.0716. The van der Waals surface area contributed by atoms with Gasteiger partial charge in [0.2, 0.25) is 5.88 Å². The first-order chi connectivity index (χ1) is 23.0. The summed E-state index contributed by atoms with van der Waals surface area (Å²) in [5, 5.41) is 16.4. The van der Waals surface area contributed by atoms with Crippen molar-refractivity contribution >= 4 is 30.8 Å². The van der Waals surface area contributed by atoms with Crippen LogP contribution in [-0.4, -0.2) is 83.6 Å². The van der Waals surface area contributed by atoms with Crippen LogP contribution < -0.4 is 20.1 Å². The van der Waals surface area contributed by atoms with Gasteiger partial charge in [-0.2, -0.15) is 0 Å². The predicted octanol–water partition coefficient (Wildman–Crippen LogP) is 6.71. The van der Waals surface area contributed by atoms with Crippen LogP contribution in [-0.2, 0) is 11.5 Å². The van der Waals surface area contributed by atoms with Gasteiger partial charge in [-0.3, -0.25) is 0 Å². The number of aromatic nitrogens is 3. The van der Waals surface area contributed by atoms with Crippen LogP contribution in [0.4, 0.5) is 14.9 Å². The average molecular weight is 679 g/mol. The molecule has 3 N–H and O–H groups in total. The Morgan fingerprint density at radius 3 is 2.48 bits per heavy atom. The van der Waals surface area contributed by atoms with Crippen molar-refractivity contribution < 1.29 is 28.5 Å². The van der Waals surface area contributed by atoms with E-state index in [9.17, 15) is 14.3 Å². The number of nitrogens with one attached hydrogen (secondary N) is 2. The zero-order valence-electron chi connectivity index (χ0n) is 28.5. The van der Waals surface area contributed by atoms with Crippen molar-refractivity contribution in [1.82, 2.24) is 24.8 Å². The number of likely N-dealkylation sites (N-methyl/N-ethyl adjacent to an activating group) is 1. The summed E-state index contributed by atoms with van der Waals surface area (Å²) in [7, 11) is -1.29. The Morgan fingerprint density at radius 1 is 1.08 bits per heavy atom. The second-order valence-corrected chi connectivity index (χ2v) is 18.9. The van der Waals surface area contributed by atoms with Crippen molar-refractivity contribution in [3.63, 3.8) is 0 Å². The number of halogens is 1. The summed E-state index contributed by atoms with van der Waals surface area (Å²) >= 11 is 0. The Bertz CT molecular complexity index is 1670. The average Bonchev–Trinajstić information content (AvgIpc) is 3.79. The molecule has 2 aromatic carbocycles. The van der Waals surface area contributed by atoms with Gasteiger partial charge < -0.3 is 39.4 Å². The number of hydrogen-bond donors (Lipinski definition) is 3. The van der Waals surface area contributed by atoms with Crippen LogP contribution in [0.2, 0.25) is 25.7 Å². The van der Waals surface area contributed by atoms with Crippen LogP contribution in [0.15, 0.2) is 54.9 Å². The van der Waals surface area contributed by atoms with E-state index in [1.807, 2.05) is 34.9 Å². The number of carbonyl (C=O) groups is 1. The molecule has 48 heavy (non-hydrogen) atoms. The minimum Gasteiger partial charge on any atom is -0.491 e. The zero-order chi connectivity index (χ0) is 34.3. The molecule has 2 aromatic heterocycles. The second kappa shape index (κ2) is 15.9. The van der Waals surface area contributed by atoms with Gasteiger partial charge in [0.15, 0.2) is 0 Å². The van der Waals surface area contributed by atoms with Gasteiger partial charge in [-0.15, -0.1) is 0 Å². The van der Waals surface area contributed by atoms with Crippen molar-refractivity contribution in [3.05, 3.63) is 60.7 Å². The fourth-order valence-corrected chi connectivity index (χ4v) is 5.87. The summed E-state index contributed by atoms with van der Waals surface area (Å²) in [5.41, 5.74) is 2.40. The van der Waals surface area contributed by atoms with Crippen molar-refractivity contribution in [2.75, 3.05) is 38.2 Å². The summed E-state index contributed by atoms with van der Waals surface area (Å²) in [5.74, 6) is 0.516. The molecule has 0 spiro atoms. The van der Waals surface area contributed by atoms with Crippen molar-refractivity contribution in [1.29, 1.82) is 0 Å². The van der Waals surface area contributed by atoms with Gasteiger partial charge in [0.25, 0.3) is 0 Å². The van der Waals surface area contributed by atoms with E-state index < -0.39 is 26.0 Å². The smallest absolute Gasteiger partial charge is 0.319 e. The van der Waals surface area contributed by atoms with Crippen molar-refractivity contribution in [2.24, 2.45) is 0 Å². The van der Waals surface area contributed by atoms with Crippen LogP contribution >= 0.6 is 0 Å². The molecule has 11 nitrogen and oxygen atoms in total.